The van der Waals surface area contributed by atoms with Crippen LogP contribution >= 0.6 is 0 Å². The number of benzene rings is 1. The van der Waals surface area contributed by atoms with Gasteiger partial charge in [-0.1, -0.05) is 37.3 Å². The SMILES string of the molecule is CCCN(CCO)C(=O)NC(c1ccccc1)C1CC1. The number of hydrogen-bond acceptors (Lipinski definition) is 2. The zero-order valence-corrected chi connectivity index (χ0v) is 12.1. The Hall–Kier alpha value is -1.55. The standard InChI is InChI=1S/C16H24N2O2/c1-2-10-18(11-12-19)16(20)17-15(14-8-9-14)13-6-4-3-5-7-13/h3-7,14-15,19H,2,8-12H2,1H3,(H,17,20). The molecule has 0 heterocycles. The zero-order chi connectivity index (χ0) is 14.4. The lowest BCUT2D eigenvalue weighted by molar-refractivity contribution is 0.173. The first-order chi connectivity index (χ1) is 9.76. The fourth-order valence-electron chi connectivity index (χ4n) is 2.49. The average molecular weight is 276 g/mol. The van der Waals surface area contributed by atoms with E-state index in [0.29, 0.717) is 19.0 Å². The van der Waals surface area contributed by atoms with Crippen LogP contribution in [0.4, 0.5) is 4.79 Å². The van der Waals surface area contributed by atoms with Crippen LogP contribution in [0.5, 0.6) is 0 Å². The van der Waals surface area contributed by atoms with Gasteiger partial charge in [-0.2, -0.15) is 0 Å². The van der Waals surface area contributed by atoms with Gasteiger partial charge in [-0.3, -0.25) is 0 Å². The lowest BCUT2D eigenvalue weighted by Gasteiger charge is -2.26. The highest BCUT2D eigenvalue weighted by molar-refractivity contribution is 5.74. The van der Waals surface area contributed by atoms with Crippen LogP contribution in [0.15, 0.2) is 30.3 Å². The van der Waals surface area contributed by atoms with Crippen molar-refractivity contribution in [1.29, 1.82) is 0 Å². The van der Waals surface area contributed by atoms with Crippen molar-refractivity contribution in [2.45, 2.75) is 32.2 Å². The topological polar surface area (TPSA) is 52.6 Å². The first-order valence-corrected chi connectivity index (χ1v) is 7.47. The van der Waals surface area contributed by atoms with E-state index in [1.807, 2.05) is 25.1 Å². The molecular weight excluding hydrogens is 252 g/mol. The summed E-state index contributed by atoms with van der Waals surface area (Å²) in [5.74, 6) is 0.555. The zero-order valence-electron chi connectivity index (χ0n) is 12.1. The molecule has 1 atom stereocenters. The van der Waals surface area contributed by atoms with Crippen LogP contribution in [0.3, 0.4) is 0 Å². The number of carbonyl (C=O) groups excluding carboxylic acids is 1. The predicted octanol–water partition coefficient (Wildman–Crippen LogP) is 2.55. The number of nitrogens with one attached hydrogen (secondary N) is 1. The third-order valence-corrected chi connectivity index (χ3v) is 3.68. The van der Waals surface area contributed by atoms with Crippen molar-refractivity contribution in [3.8, 4) is 0 Å². The molecule has 110 valence electrons. The minimum atomic E-state index is -0.0679. The van der Waals surface area contributed by atoms with Gasteiger partial charge in [-0.15, -0.1) is 0 Å². The van der Waals surface area contributed by atoms with Crippen molar-refractivity contribution in [2.75, 3.05) is 19.7 Å². The summed E-state index contributed by atoms with van der Waals surface area (Å²) in [5.41, 5.74) is 1.17. The Morgan fingerprint density at radius 2 is 2.05 bits per heavy atom. The summed E-state index contributed by atoms with van der Waals surface area (Å²) in [5, 5.41) is 12.2. The molecule has 1 aliphatic rings. The van der Waals surface area contributed by atoms with Gasteiger partial charge in [0.2, 0.25) is 0 Å². The summed E-state index contributed by atoms with van der Waals surface area (Å²) in [4.78, 5) is 14.0. The molecule has 0 radical (unpaired) electrons. The van der Waals surface area contributed by atoms with Crippen LogP contribution in [0.25, 0.3) is 0 Å². The number of amides is 2. The number of carbonyl (C=O) groups is 1. The molecule has 0 spiro atoms. The molecule has 4 nitrogen and oxygen atoms in total. The first kappa shape index (κ1) is 14.9. The quantitative estimate of drug-likeness (QED) is 0.804. The molecule has 0 aromatic heterocycles. The molecule has 2 amide bonds. The van der Waals surface area contributed by atoms with Crippen LogP contribution in [0.2, 0.25) is 0 Å². The van der Waals surface area contributed by atoms with Crippen molar-refractivity contribution < 1.29 is 9.90 Å². The van der Waals surface area contributed by atoms with E-state index in [0.717, 1.165) is 6.42 Å². The van der Waals surface area contributed by atoms with E-state index in [-0.39, 0.29) is 18.7 Å². The number of urea groups is 1. The van der Waals surface area contributed by atoms with Gasteiger partial charge in [-0.05, 0) is 30.7 Å². The molecule has 1 unspecified atom stereocenters. The van der Waals surface area contributed by atoms with Gasteiger partial charge in [-0.25, -0.2) is 4.79 Å². The summed E-state index contributed by atoms with van der Waals surface area (Å²) in [7, 11) is 0. The lowest BCUT2D eigenvalue weighted by atomic mass is 10.0. The molecule has 1 aromatic rings. The van der Waals surface area contributed by atoms with Gasteiger partial charge >= 0.3 is 6.03 Å². The smallest absolute Gasteiger partial charge is 0.317 e. The average Bonchev–Trinajstić information content (AvgIpc) is 3.30. The lowest BCUT2D eigenvalue weighted by Crippen LogP contribution is -2.43. The van der Waals surface area contributed by atoms with Gasteiger partial charge in [0, 0.05) is 13.1 Å². The maximum atomic E-state index is 12.3. The minimum absolute atomic E-state index is 0.00680. The highest BCUT2D eigenvalue weighted by Crippen LogP contribution is 2.40. The molecule has 0 aliphatic heterocycles. The molecule has 1 aromatic carbocycles. The van der Waals surface area contributed by atoms with Crippen molar-refractivity contribution in [1.82, 2.24) is 10.2 Å². The van der Waals surface area contributed by atoms with Crippen LogP contribution in [0.1, 0.15) is 37.8 Å². The van der Waals surface area contributed by atoms with Gasteiger partial charge in [0.1, 0.15) is 0 Å². The van der Waals surface area contributed by atoms with E-state index in [1.54, 1.807) is 4.90 Å². The monoisotopic (exact) mass is 276 g/mol. The highest BCUT2D eigenvalue weighted by Gasteiger charge is 2.34. The molecular formula is C16H24N2O2. The Labute approximate surface area is 120 Å². The predicted molar refractivity (Wildman–Crippen MR) is 79.4 cm³/mol. The van der Waals surface area contributed by atoms with Crippen LogP contribution in [0, 0.1) is 5.92 Å². The number of nitrogens with zero attached hydrogens (tertiary/aromatic N) is 1. The third kappa shape index (κ3) is 3.97. The Morgan fingerprint density at radius 1 is 1.35 bits per heavy atom. The van der Waals surface area contributed by atoms with E-state index in [2.05, 4.69) is 17.4 Å². The Morgan fingerprint density at radius 3 is 2.60 bits per heavy atom. The number of aliphatic hydroxyl groups excluding tert-OH is 1. The molecule has 0 bridgehead atoms. The molecule has 1 aliphatic carbocycles. The fourth-order valence-corrected chi connectivity index (χ4v) is 2.49. The first-order valence-electron chi connectivity index (χ1n) is 7.47. The molecule has 1 saturated carbocycles. The number of aliphatic hydroxyl groups is 1. The van der Waals surface area contributed by atoms with Gasteiger partial charge in [0.05, 0.1) is 12.6 Å². The largest absolute Gasteiger partial charge is 0.395 e. The molecule has 4 heteroatoms. The molecule has 0 saturated heterocycles. The summed E-state index contributed by atoms with van der Waals surface area (Å²) < 4.78 is 0. The van der Waals surface area contributed by atoms with E-state index < -0.39 is 0 Å². The van der Waals surface area contributed by atoms with E-state index in [9.17, 15) is 4.79 Å². The second-order valence-electron chi connectivity index (χ2n) is 5.39. The van der Waals surface area contributed by atoms with Crippen molar-refractivity contribution in [3.63, 3.8) is 0 Å². The van der Waals surface area contributed by atoms with Crippen LogP contribution in [-0.4, -0.2) is 35.7 Å². The summed E-state index contributed by atoms with van der Waals surface area (Å²) >= 11 is 0. The summed E-state index contributed by atoms with van der Waals surface area (Å²) in [6.45, 7) is 3.12. The molecule has 20 heavy (non-hydrogen) atoms. The van der Waals surface area contributed by atoms with Crippen molar-refractivity contribution in [3.05, 3.63) is 35.9 Å². The second kappa shape index (κ2) is 7.29. The van der Waals surface area contributed by atoms with Crippen molar-refractivity contribution >= 4 is 6.03 Å². The van der Waals surface area contributed by atoms with Crippen LogP contribution < -0.4 is 5.32 Å². The number of hydrogen-bond donors (Lipinski definition) is 2. The van der Waals surface area contributed by atoms with E-state index in [1.165, 1.54) is 18.4 Å². The van der Waals surface area contributed by atoms with Gasteiger partial charge in [0.25, 0.3) is 0 Å². The second-order valence-corrected chi connectivity index (χ2v) is 5.39. The maximum Gasteiger partial charge on any atom is 0.317 e. The minimum Gasteiger partial charge on any atom is -0.395 e. The van der Waals surface area contributed by atoms with E-state index in [4.69, 9.17) is 5.11 Å². The van der Waals surface area contributed by atoms with Crippen LogP contribution in [-0.2, 0) is 0 Å². The molecule has 2 N–H and O–H groups in total. The normalized spacial score (nSPS) is 15.7. The van der Waals surface area contributed by atoms with E-state index >= 15 is 0 Å². The molecule has 1 fully saturated rings. The summed E-state index contributed by atoms with van der Waals surface area (Å²) in [6, 6.07) is 10.2. The molecule has 2 rings (SSSR count). The Kier molecular flexibility index (Phi) is 5.41. The Bertz CT molecular complexity index is 412. The fraction of sp³-hybridized carbons (Fsp3) is 0.562. The summed E-state index contributed by atoms with van der Waals surface area (Å²) in [6.07, 6.45) is 3.24. The van der Waals surface area contributed by atoms with Gasteiger partial charge in [0.15, 0.2) is 0 Å². The third-order valence-electron chi connectivity index (χ3n) is 3.68. The number of rotatable bonds is 7. The highest BCUT2D eigenvalue weighted by atomic mass is 16.3. The van der Waals surface area contributed by atoms with Gasteiger partial charge < -0.3 is 15.3 Å². The van der Waals surface area contributed by atoms with Crippen molar-refractivity contribution in [2.24, 2.45) is 5.92 Å². The maximum absolute atomic E-state index is 12.3. The Balaban J connectivity index is 2.02.